The predicted molar refractivity (Wildman–Crippen MR) is 97.6 cm³/mol. The summed E-state index contributed by atoms with van der Waals surface area (Å²) < 4.78 is 12.3. The number of likely N-dealkylation sites (tertiary alicyclic amines) is 1. The third-order valence-electron chi connectivity index (χ3n) is 4.89. The average molecular weight is 375 g/mol. The number of carbonyl (C=O) groups is 2. The molecule has 2 aliphatic rings. The van der Waals surface area contributed by atoms with Gasteiger partial charge in [0.1, 0.15) is 17.9 Å². The molecule has 1 aromatic heterocycles. The first-order valence-electron chi connectivity index (χ1n) is 8.82. The lowest BCUT2D eigenvalue weighted by Crippen LogP contribution is -2.49. The van der Waals surface area contributed by atoms with Gasteiger partial charge in [-0.2, -0.15) is 0 Å². The van der Waals surface area contributed by atoms with Crippen molar-refractivity contribution in [2.45, 2.75) is 37.8 Å². The van der Waals surface area contributed by atoms with E-state index in [1.54, 1.807) is 7.11 Å². The fourth-order valence-electron chi connectivity index (χ4n) is 3.42. The number of thiazole rings is 1. The highest BCUT2D eigenvalue weighted by Gasteiger charge is 2.33. The van der Waals surface area contributed by atoms with Crippen molar-refractivity contribution in [3.8, 4) is 10.9 Å². The van der Waals surface area contributed by atoms with Gasteiger partial charge >= 0.3 is 0 Å². The summed E-state index contributed by atoms with van der Waals surface area (Å²) in [6, 6.07) is 5.42. The van der Waals surface area contributed by atoms with Crippen LogP contribution in [0.5, 0.6) is 10.9 Å². The smallest absolute Gasteiger partial charge is 0.274 e. The van der Waals surface area contributed by atoms with Crippen molar-refractivity contribution in [2.75, 3.05) is 20.2 Å². The van der Waals surface area contributed by atoms with E-state index >= 15 is 0 Å². The van der Waals surface area contributed by atoms with Crippen LogP contribution in [0.4, 0.5) is 0 Å². The van der Waals surface area contributed by atoms with Gasteiger partial charge in [0, 0.05) is 32.4 Å². The van der Waals surface area contributed by atoms with Crippen LogP contribution in [0, 0.1) is 0 Å². The molecule has 0 saturated carbocycles. The number of hydrogen-bond acceptors (Lipinski definition) is 6. The van der Waals surface area contributed by atoms with Gasteiger partial charge < -0.3 is 19.7 Å². The summed E-state index contributed by atoms with van der Waals surface area (Å²) in [7, 11) is 1.64. The maximum absolute atomic E-state index is 12.4. The Hall–Kier alpha value is -2.35. The minimum absolute atomic E-state index is 0.0291. The fraction of sp³-hybridized carbons (Fsp3) is 0.500. The minimum atomic E-state index is -0.348. The third-order valence-corrected chi connectivity index (χ3v) is 5.80. The summed E-state index contributed by atoms with van der Waals surface area (Å²) in [5.74, 6) is 0.800. The van der Waals surface area contributed by atoms with Gasteiger partial charge in [-0.15, -0.1) is 0 Å². The highest BCUT2D eigenvalue weighted by atomic mass is 32.1. The zero-order chi connectivity index (χ0) is 18.1. The molecule has 0 bridgehead atoms. The lowest BCUT2D eigenvalue weighted by atomic mass is 10.1. The van der Waals surface area contributed by atoms with Crippen LogP contribution in [-0.2, 0) is 9.59 Å². The standard InChI is InChI=1S/C18H21N3O4S/c1-24-12-2-3-13-15(10-12)26-18(20-13)25-11-6-8-21(9-7-11)17(23)14-4-5-16(22)19-14/h2-3,10-11,14H,4-9H2,1H3,(H,19,22). The second-order valence-electron chi connectivity index (χ2n) is 6.61. The Morgan fingerprint density at radius 3 is 2.81 bits per heavy atom. The molecule has 0 spiro atoms. The first-order valence-corrected chi connectivity index (χ1v) is 9.63. The van der Waals surface area contributed by atoms with Crippen LogP contribution in [-0.4, -0.2) is 54.0 Å². The molecular weight excluding hydrogens is 354 g/mol. The summed E-state index contributed by atoms with van der Waals surface area (Å²) in [6.45, 7) is 1.29. The second kappa shape index (κ2) is 7.11. The quantitative estimate of drug-likeness (QED) is 0.883. The van der Waals surface area contributed by atoms with Crippen molar-refractivity contribution in [1.29, 1.82) is 0 Å². The maximum atomic E-state index is 12.4. The number of methoxy groups -OCH3 is 1. The van der Waals surface area contributed by atoms with Crippen LogP contribution in [0.15, 0.2) is 18.2 Å². The molecule has 1 atom stereocenters. The number of carbonyl (C=O) groups excluding carboxylic acids is 2. The Balaban J connectivity index is 1.33. The van der Waals surface area contributed by atoms with E-state index < -0.39 is 0 Å². The Kier molecular flexibility index (Phi) is 4.67. The summed E-state index contributed by atoms with van der Waals surface area (Å²) in [6.07, 6.45) is 2.64. The van der Waals surface area contributed by atoms with Gasteiger partial charge in [0.05, 0.1) is 17.3 Å². The molecule has 1 N–H and O–H groups in total. The van der Waals surface area contributed by atoms with Gasteiger partial charge in [0.2, 0.25) is 11.8 Å². The summed E-state index contributed by atoms with van der Waals surface area (Å²) >= 11 is 1.51. The Bertz CT molecular complexity index is 829. The lowest BCUT2D eigenvalue weighted by Gasteiger charge is -2.33. The van der Waals surface area contributed by atoms with Crippen molar-refractivity contribution < 1.29 is 19.1 Å². The number of hydrogen-bond donors (Lipinski definition) is 1. The van der Waals surface area contributed by atoms with E-state index in [9.17, 15) is 9.59 Å². The number of benzene rings is 1. The molecule has 7 nitrogen and oxygen atoms in total. The van der Waals surface area contributed by atoms with E-state index in [-0.39, 0.29) is 24.0 Å². The molecule has 8 heteroatoms. The molecule has 2 saturated heterocycles. The molecule has 2 aliphatic heterocycles. The number of nitrogens with zero attached hydrogens (tertiary/aromatic N) is 2. The highest BCUT2D eigenvalue weighted by molar-refractivity contribution is 7.20. The van der Waals surface area contributed by atoms with Crippen LogP contribution < -0.4 is 14.8 Å². The average Bonchev–Trinajstić information content (AvgIpc) is 3.26. The van der Waals surface area contributed by atoms with Crippen molar-refractivity contribution in [3.05, 3.63) is 18.2 Å². The van der Waals surface area contributed by atoms with Gasteiger partial charge in [0.25, 0.3) is 5.19 Å². The summed E-state index contributed by atoms with van der Waals surface area (Å²) in [5.41, 5.74) is 0.899. The van der Waals surface area contributed by atoms with Crippen molar-refractivity contribution in [3.63, 3.8) is 0 Å². The zero-order valence-electron chi connectivity index (χ0n) is 14.6. The molecule has 2 fully saturated rings. The van der Waals surface area contributed by atoms with Gasteiger partial charge in [-0.05, 0) is 24.6 Å². The van der Waals surface area contributed by atoms with Crippen molar-refractivity contribution in [2.24, 2.45) is 0 Å². The number of rotatable bonds is 4. The molecule has 1 unspecified atom stereocenters. The van der Waals surface area contributed by atoms with Gasteiger partial charge in [-0.3, -0.25) is 9.59 Å². The van der Waals surface area contributed by atoms with E-state index in [1.165, 1.54) is 11.3 Å². The number of nitrogens with one attached hydrogen (secondary N) is 1. The van der Waals surface area contributed by atoms with Gasteiger partial charge in [0.15, 0.2) is 0 Å². The normalized spacial score (nSPS) is 21.0. The SMILES string of the molecule is COc1ccc2nc(OC3CCN(C(=O)C4CCC(=O)N4)CC3)sc2c1. The minimum Gasteiger partial charge on any atom is -0.497 e. The highest BCUT2D eigenvalue weighted by Crippen LogP contribution is 2.32. The van der Waals surface area contributed by atoms with Crippen LogP contribution in [0.3, 0.4) is 0 Å². The van der Waals surface area contributed by atoms with E-state index in [2.05, 4.69) is 10.3 Å². The molecule has 138 valence electrons. The Morgan fingerprint density at radius 2 is 2.12 bits per heavy atom. The Morgan fingerprint density at radius 1 is 1.31 bits per heavy atom. The number of aromatic nitrogens is 1. The van der Waals surface area contributed by atoms with E-state index in [0.717, 1.165) is 28.8 Å². The first kappa shape index (κ1) is 17.1. The Labute approximate surface area is 155 Å². The number of piperidine rings is 1. The van der Waals surface area contributed by atoms with Crippen LogP contribution in [0.2, 0.25) is 0 Å². The van der Waals surface area contributed by atoms with E-state index in [0.29, 0.717) is 31.1 Å². The first-order chi connectivity index (χ1) is 12.6. The lowest BCUT2D eigenvalue weighted by molar-refractivity contribution is -0.136. The molecule has 3 heterocycles. The van der Waals surface area contributed by atoms with Crippen LogP contribution >= 0.6 is 11.3 Å². The molecular formula is C18H21N3O4S. The number of fused-ring (bicyclic) bond motifs is 1. The molecule has 2 amide bonds. The maximum Gasteiger partial charge on any atom is 0.274 e. The molecule has 1 aromatic carbocycles. The number of amides is 2. The monoisotopic (exact) mass is 375 g/mol. The van der Waals surface area contributed by atoms with Crippen molar-refractivity contribution in [1.82, 2.24) is 15.2 Å². The molecule has 26 heavy (non-hydrogen) atoms. The largest absolute Gasteiger partial charge is 0.497 e. The zero-order valence-corrected chi connectivity index (χ0v) is 15.4. The third kappa shape index (κ3) is 3.46. The van der Waals surface area contributed by atoms with Crippen LogP contribution in [0.25, 0.3) is 10.2 Å². The topological polar surface area (TPSA) is 80.8 Å². The summed E-state index contributed by atoms with van der Waals surface area (Å²) in [4.78, 5) is 30.1. The van der Waals surface area contributed by atoms with Gasteiger partial charge in [-0.1, -0.05) is 11.3 Å². The number of ether oxygens (including phenoxy) is 2. The van der Waals surface area contributed by atoms with E-state index in [1.807, 2.05) is 23.1 Å². The van der Waals surface area contributed by atoms with E-state index in [4.69, 9.17) is 9.47 Å². The molecule has 4 rings (SSSR count). The molecule has 2 aromatic rings. The second-order valence-corrected chi connectivity index (χ2v) is 7.61. The van der Waals surface area contributed by atoms with Crippen molar-refractivity contribution >= 4 is 33.4 Å². The fourth-order valence-corrected chi connectivity index (χ4v) is 4.33. The van der Waals surface area contributed by atoms with Crippen LogP contribution in [0.1, 0.15) is 25.7 Å². The van der Waals surface area contributed by atoms with Gasteiger partial charge in [-0.25, -0.2) is 4.98 Å². The summed E-state index contributed by atoms with van der Waals surface area (Å²) in [5, 5.41) is 3.40. The molecule has 0 radical (unpaired) electrons. The molecule has 0 aliphatic carbocycles. The predicted octanol–water partition coefficient (Wildman–Crippen LogP) is 1.95.